The highest BCUT2D eigenvalue weighted by Gasteiger charge is 1.97. The van der Waals surface area contributed by atoms with Gasteiger partial charge in [-0.05, 0) is 46.7 Å². The van der Waals surface area contributed by atoms with Crippen LogP contribution in [0.25, 0.3) is 0 Å². The Hall–Kier alpha value is -0.580. The monoisotopic (exact) mass is 260 g/mol. The minimum atomic E-state index is 1.08. The third-order valence-electron chi connectivity index (χ3n) is 1.52. The van der Waals surface area contributed by atoms with Crippen molar-refractivity contribution in [2.45, 2.75) is 6.92 Å². The Balaban J connectivity index is 3.16. The van der Waals surface area contributed by atoms with Gasteiger partial charge in [0.05, 0.1) is 6.21 Å². The number of hydrogen-bond donors (Lipinski definition) is 1. The average Bonchev–Trinajstić information content (AvgIpc) is 1.99. The van der Waals surface area contributed by atoms with Crippen molar-refractivity contribution in [1.29, 1.82) is 0 Å². The lowest BCUT2D eigenvalue weighted by Crippen LogP contribution is -1.91. The van der Waals surface area contributed by atoms with Crippen LogP contribution in [0.2, 0.25) is 0 Å². The molecule has 1 aromatic rings. The molecule has 2 nitrogen and oxygen atoms in total. The SMILES string of the molecule is Cc1c(I)cccc1C=NN. The van der Waals surface area contributed by atoms with Crippen LogP contribution < -0.4 is 5.84 Å². The highest BCUT2D eigenvalue weighted by molar-refractivity contribution is 14.1. The highest BCUT2D eigenvalue weighted by atomic mass is 127. The van der Waals surface area contributed by atoms with Crippen LogP contribution in [-0.4, -0.2) is 6.21 Å². The van der Waals surface area contributed by atoms with Gasteiger partial charge in [0.25, 0.3) is 0 Å². The lowest BCUT2D eigenvalue weighted by atomic mass is 10.1. The summed E-state index contributed by atoms with van der Waals surface area (Å²) in [6.07, 6.45) is 1.66. The lowest BCUT2D eigenvalue weighted by Gasteiger charge is -2.00. The number of halogens is 1. The molecule has 58 valence electrons. The molecular weight excluding hydrogens is 251 g/mol. The fraction of sp³-hybridized carbons (Fsp3) is 0.125. The minimum absolute atomic E-state index is 1.08. The van der Waals surface area contributed by atoms with Crippen molar-refractivity contribution in [2.24, 2.45) is 10.9 Å². The molecule has 0 aliphatic heterocycles. The smallest absolute Gasteiger partial charge is 0.0541 e. The first-order valence-corrected chi connectivity index (χ1v) is 4.32. The van der Waals surface area contributed by atoms with Gasteiger partial charge in [-0.25, -0.2) is 0 Å². The second kappa shape index (κ2) is 3.71. The van der Waals surface area contributed by atoms with Gasteiger partial charge in [0.2, 0.25) is 0 Å². The molecule has 0 amide bonds. The average molecular weight is 260 g/mol. The summed E-state index contributed by atoms with van der Waals surface area (Å²) in [6, 6.07) is 6.05. The largest absolute Gasteiger partial charge is 0.323 e. The van der Waals surface area contributed by atoms with Gasteiger partial charge in [-0.1, -0.05) is 12.1 Å². The Morgan fingerprint density at radius 3 is 2.91 bits per heavy atom. The lowest BCUT2D eigenvalue weighted by molar-refractivity contribution is 1.26. The standard InChI is InChI=1S/C8H9IN2/c1-6-7(5-11-10)3-2-4-8(6)9/h2-5H,10H2,1H3. The van der Waals surface area contributed by atoms with Crippen molar-refractivity contribution in [3.63, 3.8) is 0 Å². The number of rotatable bonds is 1. The first kappa shape index (κ1) is 8.52. The predicted octanol–water partition coefficient (Wildman–Crippen LogP) is 1.89. The molecule has 11 heavy (non-hydrogen) atoms. The summed E-state index contributed by atoms with van der Waals surface area (Å²) in [6.45, 7) is 2.05. The molecule has 0 spiro atoms. The summed E-state index contributed by atoms with van der Waals surface area (Å²) >= 11 is 2.29. The summed E-state index contributed by atoms with van der Waals surface area (Å²) in [5.74, 6) is 5.05. The molecule has 2 N–H and O–H groups in total. The van der Waals surface area contributed by atoms with E-state index in [1.54, 1.807) is 6.21 Å². The fourth-order valence-corrected chi connectivity index (χ4v) is 1.36. The number of hydrogen-bond acceptors (Lipinski definition) is 2. The topological polar surface area (TPSA) is 38.4 Å². The van der Waals surface area contributed by atoms with E-state index < -0.39 is 0 Å². The molecule has 1 aromatic carbocycles. The van der Waals surface area contributed by atoms with Crippen LogP contribution in [0.1, 0.15) is 11.1 Å². The van der Waals surface area contributed by atoms with E-state index in [-0.39, 0.29) is 0 Å². The first-order chi connectivity index (χ1) is 5.25. The minimum Gasteiger partial charge on any atom is -0.323 e. The normalized spacial score (nSPS) is 10.7. The van der Waals surface area contributed by atoms with E-state index in [4.69, 9.17) is 5.84 Å². The Morgan fingerprint density at radius 2 is 2.27 bits per heavy atom. The highest BCUT2D eigenvalue weighted by Crippen LogP contribution is 2.13. The molecule has 3 heteroatoms. The van der Waals surface area contributed by atoms with Crippen LogP contribution in [0.5, 0.6) is 0 Å². The number of nitrogens with zero attached hydrogens (tertiary/aromatic N) is 1. The molecular formula is C8H9IN2. The molecule has 0 aliphatic carbocycles. The molecule has 0 heterocycles. The van der Waals surface area contributed by atoms with Gasteiger partial charge in [-0.2, -0.15) is 5.10 Å². The van der Waals surface area contributed by atoms with E-state index in [9.17, 15) is 0 Å². The van der Waals surface area contributed by atoms with E-state index in [2.05, 4.69) is 40.7 Å². The van der Waals surface area contributed by atoms with Crippen LogP contribution in [0.3, 0.4) is 0 Å². The van der Waals surface area contributed by atoms with Crippen molar-refractivity contribution in [3.05, 3.63) is 32.9 Å². The van der Waals surface area contributed by atoms with Gasteiger partial charge in [0, 0.05) is 3.57 Å². The quantitative estimate of drug-likeness (QED) is 0.356. The summed E-state index contributed by atoms with van der Waals surface area (Å²) in [5.41, 5.74) is 2.31. The maximum absolute atomic E-state index is 5.05. The Morgan fingerprint density at radius 1 is 1.55 bits per heavy atom. The van der Waals surface area contributed by atoms with Crippen LogP contribution in [-0.2, 0) is 0 Å². The molecule has 0 aromatic heterocycles. The zero-order valence-corrected chi connectivity index (χ0v) is 8.37. The number of benzene rings is 1. The van der Waals surface area contributed by atoms with Crippen molar-refractivity contribution >= 4 is 28.8 Å². The van der Waals surface area contributed by atoms with Gasteiger partial charge in [-0.15, -0.1) is 0 Å². The summed E-state index contributed by atoms with van der Waals surface area (Å²) in [4.78, 5) is 0. The Bertz CT molecular complexity index is 281. The summed E-state index contributed by atoms with van der Waals surface area (Å²) in [7, 11) is 0. The van der Waals surface area contributed by atoms with E-state index in [0.717, 1.165) is 5.56 Å². The zero-order chi connectivity index (χ0) is 8.27. The van der Waals surface area contributed by atoms with E-state index in [1.165, 1.54) is 9.13 Å². The van der Waals surface area contributed by atoms with Crippen LogP contribution in [0.15, 0.2) is 23.3 Å². The fourth-order valence-electron chi connectivity index (χ4n) is 0.844. The maximum atomic E-state index is 5.05. The zero-order valence-electron chi connectivity index (χ0n) is 6.21. The molecule has 0 atom stereocenters. The summed E-state index contributed by atoms with van der Waals surface area (Å²) < 4.78 is 1.24. The van der Waals surface area contributed by atoms with Crippen molar-refractivity contribution in [1.82, 2.24) is 0 Å². The van der Waals surface area contributed by atoms with Gasteiger partial charge in [0.15, 0.2) is 0 Å². The molecule has 0 saturated heterocycles. The Kier molecular flexibility index (Phi) is 2.87. The van der Waals surface area contributed by atoms with E-state index in [1.807, 2.05) is 12.1 Å². The van der Waals surface area contributed by atoms with Gasteiger partial charge in [-0.3, -0.25) is 0 Å². The molecule has 0 bridgehead atoms. The molecule has 0 unspecified atom stereocenters. The van der Waals surface area contributed by atoms with Gasteiger partial charge in [0.1, 0.15) is 0 Å². The predicted molar refractivity (Wildman–Crippen MR) is 55.7 cm³/mol. The third kappa shape index (κ3) is 1.92. The van der Waals surface area contributed by atoms with Crippen LogP contribution in [0, 0.1) is 10.5 Å². The number of hydrazone groups is 1. The second-order valence-corrected chi connectivity index (χ2v) is 3.39. The molecule has 0 radical (unpaired) electrons. The number of nitrogens with two attached hydrogens (primary N) is 1. The maximum Gasteiger partial charge on any atom is 0.0541 e. The van der Waals surface area contributed by atoms with Crippen molar-refractivity contribution < 1.29 is 0 Å². The molecule has 1 rings (SSSR count). The third-order valence-corrected chi connectivity index (χ3v) is 2.69. The molecule has 0 fully saturated rings. The summed E-state index contributed by atoms with van der Waals surface area (Å²) in [5, 5.41) is 3.48. The van der Waals surface area contributed by atoms with Crippen LogP contribution >= 0.6 is 22.6 Å². The first-order valence-electron chi connectivity index (χ1n) is 3.24. The van der Waals surface area contributed by atoms with E-state index in [0.29, 0.717) is 0 Å². The molecule has 0 aliphatic rings. The van der Waals surface area contributed by atoms with Crippen molar-refractivity contribution in [3.8, 4) is 0 Å². The van der Waals surface area contributed by atoms with Crippen LogP contribution in [0.4, 0.5) is 0 Å². The van der Waals surface area contributed by atoms with Crippen molar-refractivity contribution in [2.75, 3.05) is 0 Å². The molecule has 0 saturated carbocycles. The van der Waals surface area contributed by atoms with E-state index >= 15 is 0 Å². The van der Waals surface area contributed by atoms with Gasteiger partial charge < -0.3 is 5.84 Å². The second-order valence-electron chi connectivity index (χ2n) is 2.23. The Labute approximate surface area is 79.6 Å². The van der Waals surface area contributed by atoms with Gasteiger partial charge >= 0.3 is 0 Å².